The molecule has 0 radical (unpaired) electrons. The van der Waals surface area contributed by atoms with Crippen molar-refractivity contribution in [1.82, 2.24) is 5.32 Å². The molecule has 0 aromatic heterocycles. The molecule has 0 heterocycles. The molecule has 2 aromatic carbocycles. The predicted octanol–water partition coefficient (Wildman–Crippen LogP) is 1.61. The molecular weight excluding hydrogens is 322 g/mol. The molecule has 25 heavy (non-hydrogen) atoms. The molecule has 0 aliphatic rings. The first kappa shape index (κ1) is 18.5. The molecule has 1 unspecified atom stereocenters. The van der Waals surface area contributed by atoms with E-state index in [1.165, 1.54) is 0 Å². The summed E-state index contributed by atoms with van der Waals surface area (Å²) in [6.45, 7) is 0.462. The number of carbonyl (C=O) groups is 2. The van der Waals surface area contributed by atoms with Gasteiger partial charge in [-0.2, -0.15) is 0 Å². The summed E-state index contributed by atoms with van der Waals surface area (Å²) in [6.07, 6.45) is 0.673. The SMILES string of the molecule is CC(O)(CNC(=O)COc1ccccc1Cc1ccccc1)C(=O)O. The van der Waals surface area contributed by atoms with Gasteiger partial charge in [0.1, 0.15) is 5.75 Å². The lowest BCUT2D eigenvalue weighted by Gasteiger charge is -2.18. The Bertz CT molecular complexity index is 728. The van der Waals surface area contributed by atoms with Crippen LogP contribution in [0.1, 0.15) is 18.1 Å². The number of carboxylic acids is 1. The van der Waals surface area contributed by atoms with Gasteiger partial charge in [-0.1, -0.05) is 48.5 Å². The van der Waals surface area contributed by atoms with Crippen molar-refractivity contribution in [1.29, 1.82) is 0 Å². The maximum absolute atomic E-state index is 11.8. The molecule has 2 rings (SSSR count). The topological polar surface area (TPSA) is 95.9 Å². The zero-order valence-corrected chi connectivity index (χ0v) is 13.9. The molecule has 1 amide bonds. The molecule has 0 aliphatic heterocycles. The highest BCUT2D eigenvalue weighted by atomic mass is 16.5. The van der Waals surface area contributed by atoms with E-state index in [1.807, 2.05) is 48.5 Å². The number of carbonyl (C=O) groups excluding carboxylic acids is 1. The third-order valence-corrected chi connectivity index (χ3v) is 3.66. The Kier molecular flexibility index (Phi) is 6.14. The average molecular weight is 343 g/mol. The van der Waals surface area contributed by atoms with Gasteiger partial charge in [0.2, 0.25) is 0 Å². The Balaban J connectivity index is 1.92. The molecule has 0 fully saturated rings. The number of rotatable bonds is 8. The first-order valence-corrected chi connectivity index (χ1v) is 7.85. The number of ether oxygens (including phenoxy) is 1. The Labute approximate surface area is 146 Å². The largest absolute Gasteiger partial charge is 0.483 e. The lowest BCUT2D eigenvalue weighted by atomic mass is 10.0. The van der Waals surface area contributed by atoms with E-state index in [-0.39, 0.29) is 6.61 Å². The van der Waals surface area contributed by atoms with E-state index in [0.29, 0.717) is 12.2 Å². The predicted molar refractivity (Wildman–Crippen MR) is 92.5 cm³/mol. The van der Waals surface area contributed by atoms with E-state index in [0.717, 1.165) is 18.1 Å². The smallest absolute Gasteiger partial charge is 0.337 e. The average Bonchev–Trinajstić information content (AvgIpc) is 2.60. The van der Waals surface area contributed by atoms with E-state index < -0.39 is 24.0 Å². The van der Waals surface area contributed by atoms with Gasteiger partial charge in [0.25, 0.3) is 5.91 Å². The lowest BCUT2D eigenvalue weighted by molar-refractivity contribution is -0.156. The highest BCUT2D eigenvalue weighted by Crippen LogP contribution is 2.21. The second kappa shape index (κ2) is 8.30. The summed E-state index contributed by atoms with van der Waals surface area (Å²) in [5, 5.41) is 20.7. The summed E-state index contributed by atoms with van der Waals surface area (Å²) in [6, 6.07) is 17.3. The number of para-hydroxylation sites is 1. The molecule has 6 heteroatoms. The van der Waals surface area contributed by atoms with Crippen LogP contribution in [0.25, 0.3) is 0 Å². The van der Waals surface area contributed by atoms with E-state index in [9.17, 15) is 14.7 Å². The highest BCUT2D eigenvalue weighted by Gasteiger charge is 2.30. The summed E-state index contributed by atoms with van der Waals surface area (Å²) in [5.74, 6) is -1.32. The lowest BCUT2D eigenvalue weighted by Crippen LogP contribution is -2.47. The van der Waals surface area contributed by atoms with Crippen molar-refractivity contribution in [2.75, 3.05) is 13.2 Å². The van der Waals surface area contributed by atoms with Crippen molar-refractivity contribution in [2.45, 2.75) is 18.9 Å². The Hall–Kier alpha value is -2.86. The zero-order chi connectivity index (χ0) is 18.3. The number of amides is 1. The number of hydrogen-bond acceptors (Lipinski definition) is 4. The second-order valence-corrected chi connectivity index (χ2v) is 5.91. The minimum absolute atomic E-state index is 0.262. The van der Waals surface area contributed by atoms with Crippen molar-refractivity contribution in [2.24, 2.45) is 0 Å². The van der Waals surface area contributed by atoms with Crippen LogP contribution in [-0.2, 0) is 16.0 Å². The Morgan fingerprint density at radius 3 is 2.40 bits per heavy atom. The van der Waals surface area contributed by atoms with E-state index in [4.69, 9.17) is 9.84 Å². The van der Waals surface area contributed by atoms with Crippen LogP contribution in [-0.4, -0.2) is 40.8 Å². The van der Waals surface area contributed by atoms with Gasteiger partial charge in [-0.25, -0.2) is 4.79 Å². The maximum Gasteiger partial charge on any atom is 0.337 e. The first-order chi connectivity index (χ1) is 11.9. The third kappa shape index (κ3) is 5.61. The van der Waals surface area contributed by atoms with Crippen LogP contribution in [0.2, 0.25) is 0 Å². The molecule has 0 bridgehead atoms. The normalized spacial score (nSPS) is 12.9. The van der Waals surface area contributed by atoms with E-state index in [1.54, 1.807) is 6.07 Å². The molecule has 1 atom stereocenters. The van der Waals surface area contributed by atoms with Crippen molar-refractivity contribution in [3.05, 3.63) is 65.7 Å². The molecule has 0 saturated carbocycles. The van der Waals surface area contributed by atoms with Gasteiger partial charge < -0.3 is 20.3 Å². The van der Waals surface area contributed by atoms with Gasteiger partial charge in [-0.3, -0.25) is 4.79 Å². The number of benzene rings is 2. The highest BCUT2D eigenvalue weighted by molar-refractivity contribution is 5.80. The Morgan fingerprint density at radius 2 is 1.72 bits per heavy atom. The van der Waals surface area contributed by atoms with Crippen molar-refractivity contribution >= 4 is 11.9 Å². The number of aliphatic hydroxyl groups is 1. The quantitative estimate of drug-likeness (QED) is 0.677. The monoisotopic (exact) mass is 343 g/mol. The third-order valence-electron chi connectivity index (χ3n) is 3.66. The van der Waals surface area contributed by atoms with Crippen LogP contribution in [0.4, 0.5) is 0 Å². The standard InChI is InChI=1S/C19H21NO5/c1-19(24,18(22)23)13-20-17(21)12-25-16-10-6-5-9-15(16)11-14-7-3-2-4-8-14/h2-10,24H,11-13H2,1H3,(H,20,21)(H,22,23). The fourth-order valence-electron chi connectivity index (χ4n) is 2.15. The number of carboxylic acid groups (broad SMARTS) is 1. The maximum atomic E-state index is 11.8. The number of aliphatic carboxylic acids is 1. The first-order valence-electron chi connectivity index (χ1n) is 7.85. The second-order valence-electron chi connectivity index (χ2n) is 5.91. The van der Waals surface area contributed by atoms with Crippen molar-refractivity contribution in [3.8, 4) is 5.75 Å². The van der Waals surface area contributed by atoms with Gasteiger partial charge in [-0.05, 0) is 24.1 Å². The molecule has 3 N–H and O–H groups in total. The van der Waals surface area contributed by atoms with Crippen LogP contribution in [0, 0.1) is 0 Å². The van der Waals surface area contributed by atoms with Crippen LogP contribution in [0.3, 0.4) is 0 Å². The minimum atomic E-state index is -2.01. The number of nitrogens with one attached hydrogen (secondary N) is 1. The van der Waals surface area contributed by atoms with Gasteiger partial charge in [0.05, 0.1) is 6.54 Å². The van der Waals surface area contributed by atoms with Crippen LogP contribution < -0.4 is 10.1 Å². The fraction of sp³-hybridized carbons (Fsp3) is 0.263. The molecule has 6 nitrogen and oxygen atoms in total. The van der Waals surface area contributed by atoms with E-state index in [2.05, 4.69) is 5.32 Å². The van der Waals surface area contributed by atoms with Crippen LogP contribution in [0.5, 0.6) is 5.75 Å². The van der Waals surface area contributed by atoms with Crippen LogP contribution in [0.15, 0.2) is 54.6 Å². The molecule has 2 aromatic rings. The summed E-state index contributed by atoms with van der Waals surface area (Å²) >= 11 is 0. The van der Waals surface area contributed by atoms with Gasteiger partial charge in [-0.15, -0.1) is 0 Å². The van der Waals surface area contributed by atoms with Gasteiger partial charge in [0, 0.05) is 6.42 Å². The van der Waals surface area contributed by atoms with Crippen LogP contribution >= 0.6 is 0 Å². The Morgan fingerprint density at radius 1 is 1.08 bits per heavy atom. The molecule has 0 spiro atoms. The number of hydrogen-bond donors (Lipinski definition) is 3. The fourth-order valence-corrected chi connectivity index (χ4v) is 2.15. The molecule has 132 valence electrons. The molecule has 0 saturated heterocycles. The van der Waals surface area contributed by atoms with Crippen molar-refractivity contribution < 1.29 is 24.5 Å². The van der Waals surface area contributed by atoms with E-state index >= 15 is 0 Å². The minimum Gasteiger partial charge on any atom is -0.483 e. The molecular formula is C19H21NO5. The van der Waals surface area contributed by atoms with Gasteiger partial charge >= 0.3 is 5.97 Å². The van der Waals surface area contributed by atoms with Crippen molar-refractivity contribution in [3.63, 3.8) is 0 Å². The summed E-state index contributed by atoms with van der Waals surface area (Å²) in [4.78, 5) is 22.6. The summed E-state index contributed by atoms with van der Waals surface area (Å²) in [7, 11) is 0. The van der Waals surface area contributed by atoms with Gasteiger partial charge in [0.15, 0.2) is 12.2 Å². The zero-order valence-electron chi connectivity index (χ0n) is 13.9. The molecule has 0 aliphatic carbocycles. The summed E-state index contributed by atoms with van der Waals surface area (Å²) < 4.78 is 5.56. The summed E-state index contributed by atoms with van der Waals surface area (Å²) in [5.41, 5.74) is 0.0560.